The molecule has 188 valence electrons. The van der Waals surface area contributed by atoms with E-state index in [0.717, 1.165) is 44.3 Å². The lowest BCUT2D eigenvalue weighted by Crippen LogP contribution is -2.37. The number of imidazole rings is 1. The second-order valence-electron chi connectivity index (χ2n) is 10.0. The Morgan fingerprint density at radius 3 is 2.54 bits per heavy atom. The molecule has 0 unspecified atom stereocenters. The van der Waals surface area contributed by atoms with Crippen molar-refractivity contribution in [1.82, 2.24) is 19.5 Å². The van der Waals surface area contributed by atoms with E-state index in [2.05, 4.69) is 9.88 Å². The van der Waals surface area contributed by atoms with Gasteiger partial charge in [-0.15, -0.1) is 0 Å². The van der Waals surface area contributed by atoms with Crippen LogP contribution in [0.4, 0.5) is 14.6 Å². The highest BCUT2D eigenvalue weighted by Crippen LogP contribution is 2.34. The normalized spacial score (nSPS) is 23.3. The van der Waals surface area contributed by atoms with Crippen LogP contribution >= 0.6 is 0 Å². The summed E-state index contributed by atoms with van der Waals surface area (Å²) in [5, 5.41) is 10.2. The number of anilines is 1. The Kier molecular flexibility index (Phi) is 6.98. The summed E-state index contributed by atoms with van der Waals surface area (Å²) in [7, 11) is 0. The van der Waals surface area contributed by atoms with Crippen molar-refractivity contribution in [3.05, 3.63) is 42.0 Å². The van der Waals surface area contributed by atoms with Crippen molar-refractivity contribution < 1.29 is 18.6 Å². The van der Waals surface area contributed by atoms with Crippen LogP contribution in [0.3, 0.4) is 0 Å². The van der Waals surface area contributed by atoms with Gasteiger partial charge in [-0.2, -0.15) is 0 Å². The number of aromatic nitrogens is 4. The smallest absolute Gasteiger partial charge is 0.296 e. The second kappa shape index (κ2) is 10.1. The van der Waals surface area contributed by atoms with Crippen LogP contribution in [0.5, 0.6) is 0 Å². The summed E-state index contributed by atoms with van der Waals surface area (Å²) in [5.74, 6) is 2.11. The SMILES string of the molecule is C[C@]1(O)CC[C@H](CCCc2nc(N3CCOCC3)cc(-n3c(C(F)F)nc4ccccc43)n2)CC1. The van der Waals surface area contributed by atoms with Gasteiger partial charge in [-0.1, -0.05) is 18.6 Å². The summed E-state index contributed by atoms with van der Waals surface area (Å²) in [5.41, 5.74) is 0.593. The third kappa shape index (κ3) is 5.46. The maximum atomic E-state index is 14.0. The summed E-state index contributed by atoms with van der Waals surface area (Å²) in [4.78, 5) is 15.9. The average molecular weight is 486 g/mol. The van der Waals surface area contributed by atoms with E-state index >= 15 is 0 Å². The summed E-state index contributed by atoms with van der Waals surface area (Å²) >= 11 is 0. The van der Waals surface area contributed by atoms with Crippen LogP contribution in [0.1, 0.15) is 63.5 Å². The number of aryl methyl sites for hydroxylation is 1. The van der Waals surface area contributed by atoms with E-state index in [9.17, 15) is 13.9 Å². The second-order valence-corrected chi connectivity index (χ2v) is 10.0. The molecule has 5 rings (SSSR count). The van der Waals surface area contributed by atoms with Gasteiger partial charge < -0.3 is 14.7 Å². The molecule has 2 aliphatic rings. The zero-order valence-electron chi connectivity index (χ0n) is 20.2. The van der Waals surface area contributed by atoms with Gasteiger partial charge in [0, 0.05) is 25.6 Å². The number of halogens is 2. The van der Waals surface area contributed by atoms with Crippen LogP contribution in [-0.4, -0.2) is 56.5 Å². The minimum Gasteiger partial charge on any atom is -0.390 e. The molecule has 2 fully saturated rings. The molecular weight excluding hydrogens is 452 g/mol. The molecule has 0 spiro atoms. The van der Waals surface area contributed by atoms with E-state index < -0.39 is 12.0 Å². The Balaban J connectivity index is 1.44. The highest BCUT2D eigenvalue weighted by Gasteiger charge is 2.28. The van der Waals surface area contributed by atoms with E-state index in [1.807, 2.05) is 13.0 Å². The number of para-hydroxylation sites is 2. The van der Waals surface area contributed by atoms with Gasteiger partial charge in [0.2, 0.25) is 0 Å². The Bertz CT molecular complexity index is 1150. The topological polar surface area (TPSA) is 76.3 Å². The van der Waals surface area contributed by atoms with Gasteiger partial charge in [0.1, 0.15) is 17.5 Å². The number of rotatable bonds is 7. The first-order chi connectivity index (χ1) is 16.9. The predicted molar refractivity (Wildman–Crippen MR) is 130 cm³/mol. The van der Waals surface area contributed by atoms with E-state index in [0.29, 0.717) is 61.3 Å². The molecule has 9 heteroatoms. The Labute approximate surface area is 204 Å². The largest absolute Gasteiger partial charge is 0.390 e. The Morgan fingerprint density at radius 1 is 1.09 bits per heavy atom. The fourth-order valence-corrected chi connectivity index (χ4v) is 5.22. The minimum absolute atomic E-state index is 0.307. The van der Waals surface area contributed by atoms with Crippen molar-refractivity contribution in [2.75, 3.05) is 31.2 Å². The fraction of sp³-hybridized carbons (Fsp3) is 0.577. The summed E-state index contributed by atoms with van der Waals surface area (Å²) in [6, 6.07) is 8.94. The van der Waals surface area contributed by atoms with Gasteiger partial charge in [-0.05, 0) is 57.1 Å². The minimum atomic E-state index is -2.73. The number of aliphatic hydroxyl groups is 1. The number of fused-ring (bicyclic) bond motifs is 1. The van der Waals surface area contributed by atoms with Gasteiger partial charge in [0.15, 0.2) is 5.82 Å². The van der Waals surface area contributed by atoms with E-state index in [1.165, 1.54) is 4.57 Å². The lowest BCUT2D eigenvalue weighted by Gasteiger charge is -2.33. The molecule has 1 aliphatic heterocycles. The molecule has 35 heavy (non-hydrogen) atoms. The fourth-order valence-electron chi connectivity index (χ4n) is 5.22. The first kappa shape index (κ1) is 24.1. The summed E-state index contributed by atoms with van der Waals surface area (Å²) in [6.45, 7) is 4.53. The van der Waals surface area contributed by atoms with Gasteiger partial charge in [-0.3, -0.25) is 4.57 Å². The first-order valence-electron chi connectivity index (χ1n) is 12.6. The third-order valence-corrected chi connectivity index (χ3v) is 7.29. The van der Waals surface area contributed by atoms with Gasteiger partial charge in [0.05, 0.1) is 29.8 Å². The maximum Gasteiger partial charge on any atom is 0.296 e. The zero-order chi connectivity index (χ0) is 24.4. The number of alkyl halides is 2. The molecular formula is C26H33F2N5O2. The highest BCUT2D eigenvalue weighted by molar-refractivity contribution is 5.78. The van der Waals surface area contributed by atoms with Crippen molar-refractivity contribution >= 4 is 16.9 Å². The van der Waals surface area contributed by atoms with Crippen LogP contribution in [-0.2, 0) is 11.2 Å². The molecule has 7 nitrogen and oxygen atoms in total. The summed E-state index contributed by atoms with van der Waals surface area (Å²) < 4.78 is 35.0. The average Bonchev–Trinajstić information content (AvgIpc) is 3.26. The van der Waals surface area contributed by atoms with Gasteiger partial charge in [0.25, 0.3) is 6.43 Å². The third-order valence-electron chi connectivity index (χ3n) is 7.29. The van der Waals surface area contributed by atoms with E-state index in [4.69, 9.17) is 14.7 Å². The molecule has 3 heterocycles. The van der Waals surface area contributed by atoms with Crippen molar-refractivity contribution in [1.29, 1.82) is 0 Å². The Morgan fingerprint density at radius 2 is 1.80 bits per heavy atom. The molecule has 1 saturated heterocycles. The predicted octanol–water partition coefficient (Wildman–Crippen LogP) is 4.85. The van der Waals surface area contributed by atoms with Crippen LogP contribution in [0.15, 0.2) is 30.3 Å². The van der Waals surface area contributed by atoms with Crippen LogP contribution < -0.4 is 4.90 Å². The van der Waals surface area contributed by atoms with Crippen molar-refractivity contribution in [2.24, 2.45) is 5.92 Å². The molecule has 0 amide bonds. The van der Waals surface area contributed by atoms with Gasteiger partial charge in [-0.25, -0.2) is 23.7 Å². The number of hydrogen-bond acceptors (Lipinski definition) is 6. The number of morpholine rings is 1. The lowest BCUT2D eigenvalue weighted by molar-refractivity contribution is 0.00672. The summed E-state index contributed by atoms with van der Waals surface area (Å²) in [6.07, 6.45) is 3.67. The van der Waals surface area contributed by atoms with Gasteiger partial charge >= 0.3 is 0 Å². The first-order valence-corrected chi connectivity index (χ1v) is 12.6. The van der Waals surface area contributed by atoms with E-state index in [-0.39, 0.29) is 5.82 Å². The molecule has 3 aromatic rings. The number of nitrogens with zero attached hydrogens (tertiary/aromatic N) is 5. The quantitative estimate of drug-likeness (QED) is 0.515. The van der Waals surface area contributed by atoms with Crippen LogP contribution in [0.2, 0.25) is 0 Å². The molecule has 0 radical (unpaired) electrons. The monoisotopic (exact) mass is 485 g/mol. The molecule has 1 N–H and O–H groups in total. The van der Waals surface area contributed by atoms with Crippen LogP contribution in [0.25, 0.3) is 16.9 Å². The number of hydrogen-bond donors (Lipinski definition) is 1. The molecule has 1 aromatic carbocycles. The van der Waals surface area contributed by atoms with Crippen LogP contribution in [0, 0.1) is 5.92 Å². The van der Waals surface area contributed by atoms with Crippen molar-refractivity contribution in [3.8, 4) is 5.82 Å². The van der Waals surface area contributed by atoms with Crippen molar-refractivity contribution in [3.63, 3.8) is 0 Å². The number of ether oxygens (including phenoxy) is 1. The standard InChI is InChI=1S/C26H33F2N5O2/c1-26(34)11-9-18(10-12-26)5-4-8-21-30-22(32-13-15-35-16-14-32)17-23(31-21)33-20-7-3-2-6-19(20)29-25(33)24(27)28/h2-3,6-7,17-18,24,34H,4-5,8-16H2,1H3/t18-,26-. The highest BCUT2D eigenvalue weighted by atomic mass is 19.3. The molecule has 1 saturated carbocycles. The molecule has 2 aromatic heterocycles. The Hall–Kier alpha value is -2.65. The van der Waals surface area contributed by atoms with E-state index in [1.54, 1.807) is 24.3 Å². The lowest BCUT2D eigenvalue weighted by atomic mass is 9.78. The molecule has 1 aliphatic carbocycles. The maximum absolute atomic E-state index is 14.0. The number of benzene rings is 1. The molecule has 0 atom stereocenters. The van der Waals surface area contributed by atoms with Crippen molar-refractivity contribution in [2.45, 2.75) is 63.9 Å². The zero-order valence-corrected chi connectivity index (χ0v) is 20.2. The molecule has 0 bridgehead atoms.